The highest BCUT2D eigenvalue weighted by Crippen LogP contribution is 2.41. The van der Waals surface area contributed by atoms with Gasteiger partial charge in [0.1, 0.15) is 12.2 Å². The van der Waals surface area contributed by atoms with E-state index in [-0.39, 0.29) is 6.54 Å². The average molecular weight is 350 g/mol. The van der Waals surface area contributed by atoms with Crippen molar-refractivity contribution < 1.29 is 22.4 Å². The molecule has 0 spiro atoms. The summed E-state index contributed by atoms with van der Waals surface area (Å²) in [6, 6.07) is 16.5. The van der Waals surface area contributed by atoms with Gasteiger partial charge in [0.15, 0.2) is 6.29 Å². The van der Waals surface area contributed by atoms with Gasteiger partial charge in [-0.05, 0) is 6.07 Å². The van der Waals surface area contributed by atoms with E-state index in [1.54, 1.807) is 18.2 Å². The lowest BCUT2D eigenvalue weighted by molar-refractivity contribution is -0.0686. The zero-order chi connectivity index (χ0) is 17.2. The smallest absolute Gasteiger partial charge is 0.333 e. The number of ether oxygens (including phenoxy) is 2. The van der Waals surface area contributed by atoms with E-state index in [2.05, 4.69) is 0 Å². The van der Waals surface area contributed by atoms with Gasteiger partial charge >= 0.3 is 10.3 Å². The lowest BCUT2D eigenvalue weighted by Gasteiger charge is -2.18. The van der Waals surface area contributed by atoms with Crippen LogP contribution < -0.4 is 10.5 Å². The van der Waals surface area contributed by atoms with E-state index in [1.807, 2.05) is 41.1 Å². The SMILES string of the molecule is Nc1ccccc1C1OC(c2ccccc2)OC1CNS(=O)(=O)O. The highest BCUT2D eigenvalue weighted by molar-refractivity contribution is 7.83. The Balaban J connectivity index is 1.86. The van der Waals surface area contributed by atoms with Gasteiger partial charge in [-0.15, -0.1) is 0 Å². The summed E-state index contributed by atoms with van der Waals surface area (Å²) >= 11 is 0. The van der Waals surface area contributed by atoms with Crippen LogP contribution in [0.1, 0.15) is 23.5 Å². The van der Waals surface area contributed by atoms with Crippen LogP contribution in [0.25, 0.3) is 0 Å². The van der Waals surface area contributed by atoms with Crippen LogP contribution in [0.2, 0.25) is 0 Å². The van der Waals surface area contributed by atoms with E-state index in [1.165, 1.54) is 0 Å². The highest BCUT2D eigenvalue weighted by Gasteiger charge is 2.39. The molecule has 2 aromatic carbocycles. The molecule has 0 aromatic heterocycles. The normalized spacial score (nSPS) is 24.1. The Hall–Kier alpha value is -1.97. The molecule has 7 nitrogen and oxygen atoms in total. The van der Waals surface area contributed by atoms with Crippen molar-refractivity contribution in [2.24, 2.45) is 0 Å². The topological polar surface area (TPSA) is 111 Å². The third-order valence-corrected chi connectivity index (χ3v) is 4.28. The van der Waals surface area contributed by atoms with Crippen molar-refractivity contribution in [2.45, 2.75) is 18.5 Å². The van der Waals surface area contributed by atoms with Crippen molar-refractivity contribution in [3.63, 3.8) is 0 Å². The number of benzene rings is 2. The molecule has 4 N–H and O–H groups in total. The fourth-order valence-corrected chi connectivity index (χ4v) is 3.01. The van der Waals surface area contributed by atoms with Gasteiger partial charge in [0.05, 0.1) is 0 Å². The zero-order valence-corrected chi connectivity index (χ0v) is 13.5. The summed E-state index contributed by atoms with van der Waals surface area (Å²) < 4.78 is 44.7. The molecule has 128 valence electrons. The van der Waals surface area contributed by atoms with Crippen molar-refractivity contribution in [3.05, 3.63) is 65.7 Å². The van der Waals surface area contributed by atoms with Gasteiger partial charge in [-0.25, -0.2) is 0 Å². The molecule has 1 fully saturated rings. The van der Waals surface area contributed by atoms with Gasteiger partial charge in [0.25, 0.3) is 0 Å². The fraction of sp³-hybridized carbons (Fsp3) is 0.250. The standard InChI is InChI=1S/C16H18N2O5S/c17-13-9-5-4-8-12(13)15-14(10-18-24(19,20)21)22-16(23-15)11-6-2-1-3-7-11/h1-9,14-16,18H,10,17H2,(H,19,20,21). The molecule has 3 rings (SSSR count). The van der Waals surface area contributed by atoms with Crippen LogP contribution in [0.4, 0.5) is 5.69 Å². The van der Waals surface area contributed by atoms with Gasteiger partial charge < -0.3 is 15.2 Å². The number of rotatable bonds is 5. The van der Waals surface area contributed by atoms with E-state index >= 15 is 0 Å². The number of para-hydroxylation sites is 1. The second-order valence-corrected chi connectivity index (χ2v) is 6.67. The monoisotopic (exact) mass is 350 g/mol. The van der Waals surface area contributed by atoms with E-state index in [4.69, 9.17) is 19.8 Å². The molecule has 1 heterocycles. The van der Waals surface area contributed by atoms with Crippen molar-refractivity contribution in [2.75, 3.05) is 12.3 Å². The Bertz CT molecular complexity index is 797. The van der Waals surface area contributed by atoms with Crippen molar-refractivity contribution in [1.29, 1.82) is 0 Å². The van der Waals surface area contributed by atoms with Crippen LogP contribution in [0.15, 0.2) is 54.6 Å². The van der Waals surface area contributed by atoms with Crippen molar-refractivity contribution in [1.82, 2.24) is 4.72 Å². The van der Waals surface area contributed by atoms with Gasteiger partial charge in [0.2, 0.25) is 0 Å². The third-order valence-electron chi connectivity index (χ3n) is 3.75. The van der Waals surface area contributed by atoms with Crippen molar-refractivity contribution in [3.8, 4) is 0 Å². The predicted octanol–water partition coefficient (Wildman–Crippen LogP) is 1.82. The van der Waals surface area contributed by atoms with Crippen LogP contribution in [-0.2, 0) is 19.8 Å². The Morgan fingerprint density at radius 2 is 1.71 bits per heavy atom. The minimum atomic E-state index is -4.33. The summed E-state index contributed by atoms with van der Waals surface area (Å²) in [5.41, 5.74) is 8.05. The summed E-state index contributed by atoms with van der Waals surface area (Å²) in [7, 11) is -4.33. The number of nitrogen functional groups attached to an aromatic ring is 1. The number of hydrogen-bond donors (Lipinski definition) is 3. The van der Waals surface area contributed by atoms with E-state index < -0.39 is 28.8 Å². The van der Waals surface area contributed by atoms with E-state index in [0.29, 0.717) is 11.3 Å². The summed E-state index contributed by atoms with van der Waals surface area (Å²) in [5.74, 6) is 0. The molecule has 0 bridgehead atoms. The Morgan fingerprint density at radius 3 is 2.38 bits per heavy atom. The maximum absolute atomic E-state index is 11.0. The highest BCUT2D eigenvalue weighted by atomic mass is 32.2. The molecule has 0 amide bonds. The van der Waals surface area contributed by atoms with Crippen LogP contribution in [0, 0.1) is 0 Å². The number of nitrogens with two attached hydrogens (primary N) is 1. The lowest BCUT2D eigenvalue weighted by atomic mass is 10.0. The number of anilines is 1. The molecule has 1 aliphatic rings. The Morgan fingerprint density at radius 1 is 1.04 bits per heavy atom. The van der Waals surface area contributed by atoms with Crippen LogP contribution in [-0.4, -0.2) is 25.6 Å². The molecule has 3 unspecified atom stereocenters. The van der Waals surface area contributed by atoms with Crippen LogP contribution >= 0.6 is 0 Å². The summed E-state index contributed by atoms with van der Waals surface area (Å²) in [6.45, 7) is -0.138. The van der Waals surface area contributed by atoms with Crippen LogP contribution in [0.5, 0.6) is 0 Å². The summed E-state index contributed by atoms with van der Waals surface area (Å²) in [5, 5.41) is 0. The van der Waals surface area contributed by atoms with Crippen molar-refractivity contribution >= 4 is 16.0 Å². The average Bonchev–Trinajstić information content (AvgIpc) is 2.98. The van der Waals surface area contributed by atoms with Gasteiger partial charge in [-0.2, -0.15) is 13.1 Å². The van der Waals surface area contributed by atoms with Crippen LogP contribution in [0.3, 0.4) is 0 Å². The molecular formula is C16H18N2O5S. The van der Waals surface area contributed by atoms with E-state index in [0.717, 1.165) is 5.56 Å². The zero-order valence-electron chi connectivity index (χ0n) is 12.7. The quantitative estimate of drug-likeness (QED) is 0.560. The van der Waals surface area contributed by atoms with Gasteiger partial charge in [-0.3, -0.25) is 4.55 Å². The first kappa shape index (κ1) is 16.9. The molecule has 3 atom stereocenters. The lowest BCUT2D eigenvalue weighted by Crippen LogP contribution is -2.34. The second-order valence-electron chi connectivity index (χ2n) is 5.43. The van der Waals surface area contributed by atoms with Gasteiger partial charge in [-0.1, -0.05) is 48.5 Å². The maximum Gasteiger partial charge on any atom is 0.333 e. The Labute approximate surface area is 140 Å². The molecule has 2 aromatic rings. The first-order chi connectivity index (χ1) is 11.4. The van der Waals surface area contributed by atoms with Gasteiger partial charge in [0, 0.05) is 23.4 Å². The molecule has 0 radical (unpaired) electrons. The maximum atomic E-state index is 11.0. The molecule has 8 heteroatoms. The number of nitrogens with one attached hydrogen (secondary N) is 1. The summed E-state index contributed by atoms with van der Waals surface area (Å²) in [4.78, 5) is 0. The minimum Gasteiger partial charge on any atom is -0.398 e. The Kier molecular flexibility index (Phi) is 4.83. The number of hydrogen-bond acceptors (Lipinski definition) is 5. The predicted molar refractivity (Wildman–Crippen MR) is 88.3 cm³/mol. The molecule has 0 saturated carbocycles. The minimum absolute atomic E-state index is 0.138. The molecular weight excluding hydrogens is 332 g/mol. The summed E-state index contributed by atoms with van der Waals surface area (Å²) in [6.07, 6.45) is -1.85. The first-order valence-corrected chi connectivity index (χ1v) is 8.80. The first-order valence-electron chi connectivity index (χ1n) is 7.36. The third kappa shape index (κ3) is 3.92. The molecule has 1 aliphatic heterocycles. The molecule has 24 heavy (non-hydrogen) atoms. The van der Waals surface area contributed by atoms with E-state index in [9.17, 15) is 8.42 Å². The molecule has 0 aliphatic carbocycles. The second kappa shape index (κ2) is 6.88. The largest absolute Gasteiger partial charge is 0.398 e. The molecule has 1 saturated heterocycles. The fourth-order valence-electron chi connectivity index (χ4n) is 2.64.